The average molecular weight is 228 g/mol. The first-order chi connectivity index (χ1) is 7.59. The third-order valence-electron chi connectivity index (χ3n) is 2.76. The molecule has 0 radical (unpaired) electrons. The van der Waals surface area contributed by atoms with E-state index >= 15 is 0 Å². The summed E-state index contributed by atoms with van der Waals surface area (Å²) in [7, 11) is 0. The Morgan fingerprint density at radius 3 is 2.75 bits per heavy atom. The molecule has 1 aromatic carbocycles. The van der Waals surface area contributed by atoms with Gasteiger partial charge in [-0.1, -0.05) is 0 Å². The zero-order valence-electron chi connectivity index (χ0n) is 8.37. The fourth-order valence-corrected chi connectivity index (χ4v) is 1.90. The molecule has 6 heteroatoms. The third kappa shape index (κ3) is 1.88. The lowest BCUT2D eigenvalue weighted by atomic mass is 9.97. The van der Waals surface area contributed by atoms with Gasteiger partial charge in [-0.05, 0) is 30.5 Å². The highest BCUT2D eigenvalue weighted by atomic mass is 19.2. The number of nitrogens with zero attached hydrogens (tertiary/aromatic N) is 1. The Hall–Kier alpha value is -1.56. The molecule has 1 unspecified atom stereocenters. The van der Waals surface area contributed by atoms with Gasteiger partial charge in [0.25, 0.3) is 0 Å². The molecular weight excluding hydrogens is 218 g/mol. The molecule has 0 bridgehead atoms. The summed E-state index contributed by atoms with van der Waals surface area (Å²) in [6.45, 7) is 1.43. The van der Waals surface area contributed by atoms with Crippen LogP contribution in [-0.2, 0) is 0 Å². The van der Waals surface area contributed by atoms with Gasteiger partial charge >= 0.3 is 5.69 Å². The van der Waals surface area contributed by atoms with Crippen molar-refractivity contribution in [3.8, 4) is 0 Å². The van der Waals surface area contributed by atoms with Crippen LogP contribution in [-0.4, -0.2) is 18.0 Å². The third-order valence-corrected chi connectivity index (χ3v) is 2.76. The van der Waals surface area contributed by atoms with E-state index < -0.39 is 22.2 Å². The van der Waals surface area contributed by atoms with E-state index in [9.17, 15) is 18.9 Å². The first-order valence-electron chi connectivity index (χ1n) is 4.93. The van der Waals surface area contributed by atoms with Crippen LogP contribution in [0, 0.1) is 21.7 Å². The van der Waals surface area contributed by atoms with Crippen molar-refractivity contribution in [3.05, 3.63) is 39.4 Å². The zero-order chi connectivity index (χ0) is 11.7. The summed E-state index contributed by atoms with van der Waals surface area (Å²) in [5.41, 5.74) is -0.308. The minimum atomic E-state index is -1.39. The first-order valence-corrected chi connectivity index (χ1v) is 4.93. The molecule has 0 aliphatic carbocycles. The Kier molecular flexibility index (Phi) is 2.82. The number of halogens is 2. The molecule has 0 spiro atoms. The van der Waals surface area contributed by atoms with Crippen LogP contribution >= 0.6 is 0 Å². The van der Waals surface area contributed by atoms with E-state index in [1.54, 1.807) is 0 Å². The van der Waals surface area contributed by atoms with E-state index in [2.05, 4.69) is 5.32 Å². The van der Waals surface area contributed by atoms with Crippen molar-refractivity contribution in [2.75, 3.05) is 13.1 Å². The van der Waals surface area contributed by atoms with Crippen LogP contribution in [0.25, 0.3) is 0 Å². The van der Waals surface area contributed by atoms with Gasteiger partial charge in [0.2, 0.25) is 5.82 Å². The summed E-state index contributed by atoms with van der Waals surface area (Å²) in [5, 5.41) is 13.6. The van der Waals surface area contributed by atoms with Crippen molar-refractivity contribution >= 4 is 5.69 Å². The van der Waals surface area contributed by atoms with Gasteiger partial charge in [0, 0.05) is 12.6 Å². The molecule has 1 aliphatic heterocycles. The lowest BCUT2D eigenvalue weighted by Crippen LogP contribution is -2.09. The maximum atomic E-state index is 13.2. The second-order valence-corrected chi connectivity index (χ2v) is 3.78. The van der Waals surface area contributed by atoms with Gasteiger partial charge in [0.15, 0.2) is 5.82 Å². The number of nitro groups is 1. The molecule has 0 aromatic heterocycles. The second kappa shape index (κ2) is 4.13. The van der Waals surface area contributed by atoms with Crippen molar-refractivity contribution in [1.29, 1.82) is 0 Å². The van der Waals surface area contributed by atoms with Crippen molar-refractivity contribution in [3.63, 3.8) is 0 Å². The smallest absolute Gasteiger partial charge is 0.308 e. The number of nitro benzene ring substituents is 1. The Morgan fingerprint density at radius 2 is 2.19 bits per heavy atom. The number of rotatable bonds is 2. The molecule has 16 heavy (non-hydrogen) atoms. The highest BCUT2D eigenvalue weighted by Gasteiger charge is 2.24. The summed E-state index contributed by atoms with van der Waals surface area (Å²) in [5.74, 6) is -2.52. The van der Waals surface area contributed by atoms with Gasteiger partial charge in [-0.15, -0.1) is 0 Å². The molecule has 1 saturated heterocycles. The molecule has 1 aliphatic rings. The Balaban J connectivity index is 2.43. The molecular formula is C10H10F2N2O2. The van der Waals surface area contributed by atoms with E-state index in [0.717, 1.165) is 25.1 Å². The summed E-state index contributed by atoms with van der Waals surface area (Å²) < 4.78 is 26.2. The lowest BCUT2D eigenvalue weighted by Gasteiger charge is -2.08. The molecule has 4 nitrogen and oxygen atoms in total. The van der Waals surface area contributed by atoms with E-state index in [1.807, 2.05) is 0 Å². The molecule has 0 saturated carbocycles. The highest BCUT2D eigenvalue weighted by molar-refractivity contribution is 5.39. The van der Waals surface area contributed by atoms with Crippen molar-refractivity contribution in [1.82, 2.24) is 5.32 Å². The van der Waals surface area contributed by atoms with Gasteiger partial charge in [0.1, 0.15) is 0 Å². The van der Waals surface area contributed by atoms with Crippen molar-refractivity contribution in [2.24, 2.45) is 0 Å². The minimum Gasteiger partial charge on any atom is -0.316 e. The lowest BCUT2D eigenvalue weighted by molar-refractivity contribution is -0.387. The number of nitrogens with one attached hydrogen (secondary N) is 1. The molecule has 1 aromatic rings. The number of hydrogen-bond acceptors (Lipinski definition) is 3. The summed E-state index contributed by atoms with van der Waals surface area (Å²) >= 11 is 0. The van der Waals surface area contributed by atoms with Gasteiger partial charge in [-0.3, -0.25) is 10.1 Å². The standard InChI is InChI=1S/C10H10F2N2O2/c11-8-3-7(6-1-2-13-5-6)4-9(10(8)12)14(15)16/h3-4,6,13H,1-2,5H2. The molecule has 1 fully saturated rings. The Labute approximate surface area is 90.4 Å². The largest absolute Gasteiger partial charge is 0.316 e. The zero-order valence-corrected chi connectivity index (χ0v) is 8.37. The fraction of sp³-hybridized carbons (Fsp3) is 0.400. The summed E-state index contributed by atoms with van der Waals surface area (Å²) in [4.78, 5) is 9.63. The van der Waals surface area contributed by atoms with Gasteiger partial charge in [-0.2, -0.15) is 4.39 Å². The van der Waals surface area contributed by atoms with Crippen LogP contribution in [0.1, 0.15) is 17.9 Å². The molecule has 86 valence electrons. The van der Waals surface area contributed by atoms with Crippen LogP contribution in [0.15, 0.2) is 12.1 Å². The van der Waals surface area contributed by atoms with Gasteiger partial charge in [-0.25, -0.2) is 4.39 Å². The molecule has 0 amide bonds. The second-order valence-electron chi connectivity index (χ2n) is 3.78. The minimum absolute atomic E-state index is 0.0220. The number of benzene rings is 1. The Morgan fingerprint density at radius 1 is 1.44 bits per heavy atom. The summed E-state index contributed by atoms with van der Waals surface area (Å²) in [6, 6.07) is 2.16. The van der Waals surface area contributed by atoms with Gasteiger partial charge in [0.05, 0.1) is 4.92 Å². The SMILES string of the molecule is O=[N+]([O-])c1cc(C2CCNC2)cc(F)c1F. The van der Waals surface area contributed by atoms with Crippen LogP contribution in [0.4, 0.5) is 14.5 Å². The van der Waals surface area contributed by atoms with Crippen LogP contribution in [0.2, 0.25) is 0 Å². The molecule has 1 heterocycles. The number of hydrogen-bond donors (Lipinski definition) is 1. The van der Waals surface area contributed by atoms with E-state index in [4.69, 9.17) is 0 Å². The van der Waals surface area contributed by atoms with Crippen molar-refractivity contribution < 1.29 is 13.7 Å². The normalized spacial score (nSPS) is 20.0. The van der Waals surface area contributed by atoms with Crippen LogP contribution in [0.5, 0.6) is 0 Å². The monoisotopic (exact) mass is 228 g/mol. The first kappa shape index (κ1) is 10.9. The predicted molar refractivity (Wildman–Crippen MR) is 53.2 cm³/mol. The maximum Gasteiger partial charge on any atom is 0.308 e. The Bertz CT molecular complexity index is 431. The van der Waals surface area contributed by atoms with Crippen molar-refractivity contribution in [2.45, 2.75) is 12.3 Å². The fourth-order valence-electron chi connectivity index (χ4n) is 1.90. The molecule has 1 N–H and O–H groups in total. The van der Waals surface area contributed by atoms with E-state index in [-0.39, 0.29) is 5.92 Å². The topological polar surface area (TPSA) is 55.2 Å². The molecule has 1 atom stereocenters. The van der Waals surface area contributed by atoms with E-state index in [0.29, 0.717) is 12.1 Å². The van der Waals surface area contributed by atoms with Crippen LogP contribution in [0.3, 0.4) is 0 Å². The quantitative estimate of drug-likeness (QED) is 0.621. The predicted octanol–water partition coefficient (Wildman–Crippen LogP) is 1.95. The molecule has 2 rings (SSSR count). The highest BCUT2D eigenvalue weighted by Crippen LogP contribution is 2.29. The summed E-state index contributed by atoms with van der Waals surface area (Å²) in [6.07, 6.45) is 0.780. The van der Waals surface area contributed by atoms with E-state index in [1.165, 1.54) is 0 Å². The van der Waals surface area contributed by atoms with Crippen LogP contribution < -0.4 is 5.32 Å². The average Bonchev–Trinajstić information content (AvgIpc) is 2.74. The maximum absolute atomic E-state index is 13.2. The van der Waals surface area contributed by atoms with Gasteiger partial charge < -0.3 is 5.32 Å².